The van der Waals surface area contributed by atoms with Crippen molar-refractivity contribution in [1.29, 1.82) is 0 Å². The fourth-order valence-corrected chi connectivity index (χ4v) is 8.62. The summed E-state index contributed by atoms with van der Waals surface area (Å²) >= 11 is 0. The van der Waals surface area contributed by atoms with Crippen LogP contribution in [0.5, 0.6) is 0 Å². The van der Waals surface area contributed by atoms with E-state index in [-0.39, 0.29) is 6.04 Å². The zero-order valence-corrected chi connectivity index (χ0v) is 29.5. The van der Waals surface area contributed by atoms with Gasteiger partial charge in [0.15, 0.2) is 0 Å². The van der Waals surface area contributed by atoms with Gasteiger partial charge in [0.05, 0.1) is 22.9 Å². The second-order valence-corrected chi connectivity index (χ2v) is 14.3. The van der Waals surface area contributed by atoms with E-state index in [9.17, 15) is 0 Å². The molecule has 3 aliphatic rings. The molecule has 2 aromatic heterocycles. The SMILES string of the molecule is C1=CC2=C(c3ccc(-c4ccccc4)cc3)N=C(c3cccc4oc5cc(-n6c7c(c8ccccc86)CCC(c6ccccc6)=C7)ccc5c34)NC2C=C1. The molecule has 1 N–H and O–H groups in total. The maximum Gasteiger partial charge on any atom is 0.137 e. The molecular formula is C50H35N3O. The average Bonchev–Trinajstić information content (AvgIpc) is 3.79. The lowest BCUT2D eigenvalue weighted by Gasteiger charge is -2.28. The van der Waals surface area contributed by atoms with Crippen molar-refractivity contribution in [2.24, 2.45) is 4.99 Å². The molecule has 0 amide bonds. The largest absolute Gasteiger partial charge is 0.456 e. The van der Waals surface area contributed by atoms with Crippen LogP contribution in [-0.4, -0.2) is 16.4 Å². The van der Waals surface area contributed by atoms with Gasteiger partial charge >= 0.3 is 0 Å². The number of nitrogens with zero attached hydrogens (tertiary/aromatic N) is 2. The van der Waals surface area contributed by atoms with E-state index in [2.05, 4.69) is 186 Å². The molecule has 0 bridgehead atoms. The summed E-state index contributed by atoms with van der Waals surface area (Å²) in [5, 5.41) is 7.21. The predicted molar refractivity (Wildman–Crippen MR) is 224 cm³/mol. The van der Waals surface area contributed by atoms with E-state index in [1.807, 2.05) is 0 Å². The van der Waals surface area contributed by atoms with E-state index in [1.165, 1.54) is 44.4 Å². The molecule has 0 fully saturated rings. The van der Waals surface area contributed by atoms with Crippen LogP contribution in [0.15, 0.2) is 185 Å². The second kappa shape index (κ2) is 12.4. The highest BCUT2D eigenvalue weighted by atomic mass is 16.3. The summed E-state index contributed by atoms with van der Waals surface area (Å²) in [5.41, 5.74) is 16.0. The van der Waals surface area contributed by atoms with Crippen molar-refractivity contribution < 1.29 is 4.42 Å². The van der Waals surface area contributed by atoms with Gasteiger partial charge in [-0.1, -0.05) is 140 Å². The summed E-state index contributed by atoms with van der Waals surface area (Å²) in [5.74, 6) is 0.840. The minimum Gasteiger partial charge on any atom is -0.456 e. The maximum atomic E-state index is 6.69. The molecule has 3 heterocycles. The third kappa shape index (κ3) is 4.95. The van der Waals surface area contributed by atoms with Crippen molar-refractivity contribution in [2.45, 2.75) is 18.9 Å². The zero-order valence-electron chi connectivity index (χ0n) is 29.5. The molecule has 4 heteroatoms. The molecule has 54 heavy (non-hydrogen) atoms. The Bertz CT molecular complexity index is 2930. The molecular weight excluding hydrogens is 659 g/mol. The monoisotopic (exact) mass is 693 g/mol. The Morgan fingerprint density at radius 2 is 1.39 bits per heavy atom. The molecule has 0 saturated heterocycles. The van der Waals surface area contributed by atoms with Crippen molar-refractivity contribution in [3.8, 4) is 16.8 Å². The third-order valence-corrected chi connectivity index (χ3v) is 11.2. The van der Waals surface area contributed by atoms with Crippen molar-refractivity contribution >= 4 is 56.0 Å². The number of furan rings is 1. The van der Waals surface area contributed by atoms with Crippen LogP contribution in [0, 0.1) is 0 Å². The summed E-state index contributed by atoms with van der Waals surface area (Å²) in [6.07, 6.45) is 13.0. The summed E-state index contributed by atoms with van der Waals surface area (Å²) in [7, 11) is 0. The van der Waals surface area contributed by atoms with Gasteiger partial charge in [0.1, 0.15) is 17.0 Å². The molecule has 2 aliphatic carbocycles. The van der Waals surface area contributed by atoms with E-state index in [0.717, 1.165) is 68.7 Å². The number of allylic oxidation sites excluding steroid dienone is 3. The second-order valence-electron chi connectivity index (χ2n) is 14.3. The van der Waals surface area contributed by atoms with Crippen LogP contribution in [0.1, 0.15) is 34.4 Å². The van der Waals surface area contributed by atoms with Crippen molar-refractivity contribution in [1.82, 2.24) is 9.88 Å². The maximum absolute atomic E-state index is 6.69. The van der Waals surface area contributed by atoms with Gasteiger partial charge in [-0.05, 0) is 71.0 Å². The minimum atomic E-state index is 0.00774. The van der Waals surface area contributed by atoms with Crippen LogP contribution in [-0.2, 0) is 6.42 Å². The smallest absolute Gasteiger partial charge is 0.137 e. The van der Waals surface area contributed by atoms with E-state index < -0.39 is 0 Å². The lowest BCUT2D eigenvalue weighted by atomic mass is 9.91. The number of nitrogens with one attached hydrogen (secondary N) is 1. The number of rotatable bonds is 5. The highest BCUT2D eigenvalue weighted by molar-refractivity contribution is 6.19. The van der Waals surface area contributed by atoms with Crippen LogP contribution in [0.4, 0.5) is 0 Å². The molecule has 256 valence electrons. The Morgan fingerprint density at radius 3 is 2.24 bits per heavy atom. The van der Waals surface area contributed by atoms with Crippen molar-refractivity contribution in [2.75, 3.05) is 0 Å². The standard InChI is InChI=1S/C50H35N3O/c1-3-12-32(13-4-1)34-22-24-35(25-23-34)49-40-17-7-9-19-43(40)51-50(52-49)42-18-11-21-46-48(42)41-29-27-37(31-47(41)54-46)53-44-20-10-8-16-38(44)39-28-26-36(30-45(39)53)33-14-5-2-6-15-33/h1-25,27,29-31,43H,26,28H2,(H,51,52). The van der Waals surface area contributed by atoms with Crippen LogP contribution < -0.4 is 5.32 Å². The Labute approximate surface area is 313 Å². The minimum absolute atomic E-state index is 0.00774. The first-order valence-corrected chi connectivity index (χ1v) is 18.7. The normalized spacial score (nSPS) is 16.3. The number of amidine groups is 1. The lowest BCUT2D eigenvalue weighted by Crippen LogP contribution is -2.39. The Hall–Kier alpha value is -6.91. The number of hydrogen-bond donors (Lipinski definition) is 1. The molecule has 0 saturated carbocycles. The topological polar surface area (TPSA) is 42.5 Å². The summed E-state index contributed by atoms with van der Waals surface area (Å²) in [6.45, 7) is 0. The quantitative estimate of drug-likeness (QED) is 0.195. The number of aromatic nitrogens is 1. The Balaban J connectivity index is 1.03. The Morgan fingerprint density at radius 1 is 0.630 bits per heavy atom. The van der Waals surface area contributed by atoms with Crippen LogP contribution in [0.2, 0.25) is 0 Å². The van der Waals surface area contributed by atoms with Gasteiger partial charge in [-0.3, -0.25) is 0 Å². The highest BCUT2D eigenvalue weighted by Crippen LogP contribution is 2.41. The number of aryl methyl sites for hydroxylation is 1. The first-order valence-electron chi connectivity index (χ1n) is 18.7. The molecule has 1 atom stereocenters. The van der Waals surface area contributed by atoms with Gasteiger partial charge < -0.3 is 14.3 Å². The van der Waals surface area contributed by atoms with Gasteiger partial charge in [-0.25, -0.2) is 4.99 Å². The molecule has 8 aromatic rings. The first-order chi connectivity index (χ1) is 26.8. The van der Waals surface area contributed by atoms with Gasteiger partial charge in [-0.2, -0.15) is 0 Å². The fraction of sp³-hybridized carbons (Fsp3) is 0.0600. The average molecular weight is 694 g/mol. The number of aliphatic imine (C=N–C) groups is 1. The molecule has 0 radical (unpaired) electrons. The molecule has 6 aromatic carbocycles. The van der Waals surface area contributed by atoms with Crippen molar-refractivity contribution in [3.05, 3.63) is 203 Å². The number of fused-ring (bicyclic) bond motifs is 7. The van der Waals surface area contributed by atoms with Crippen molar-refractivity contribution in [3.63, 3.8) is 0 Å². The molecule has 1 aliphatic heterocycles. The first kappa shape index (κ1) is 30.7. The lowest BCUT2D eigenvalue weighted by molar-refractivity contribution is 0.668. The highest BCUT2D eigenvalue weighted by Gasteiger charge is 2.27. The fourth-order valence-electron chi connectivity index (χ4n) is 8.62. The summed E-state index contributed by atoms with van der Waals surface area (Å²) < 4.78 is 9.11. The molecule has 11 rings (SSSR count). The van der Waals surface area contributed by atoms with Crippen LogP contribution in [0.25, 0.3) is 67.0 Å². The van der Waals surface area contributed by atoms with Gasteiger partial charge in [0, 0.05) is 44.6 Å². The third-order valence-electron chi connectivity index (χ3n) is 11.2. The predicted octanol–water partition coefficient (Wildman–Crippen LogP) is 11.9. The molecule has 0 spiro atoms. The zero-order chi connectivity index (χ0) is 35.6. The van der Waals surface area contributed by atoms with Gasteiger partial charge in [0.25, 0.3) is 0 Å². The summed E-state index contributed by atoms with van der Waals surface area (Å²) in [4.78, 5) is 5.37. The number of hydrogen-bond acceptors (Lipinski definition) is 3. The number of benzene rings is 6. The molecule has 4 nitrogen and oxygen atoms in total. The summed E-state index contributed by atoms with van der Waals surface area (Å²) in [6, 6.07) is 51.8. The van der Waals surface area contributed by atoms with E-state index in [1.54, 1.807) is 0 Å². The van der Waals surface area contributed by atoms with E-state index >= 15 is 0 Å². The number of para-hydroxylation sites is 1. The van der Waals surface area contributed by atoms with Crippen LogP contribution in [0.3, 0.4) is 0 Å². The van der Waals surface area contributed by atoms with E-state index in [0.29, 0.717) is 0 Å². The Kier molecular flexibility index (Phi) is 7.02. The van der Waals surface area contributed by atoms with Gasteiger partial charge in [0.2, 0.25) is 0 Å². The molecule has 1 unspecified atom stereocenters. The van der Waals surface area contributed by atoms with Crippen LogP contribution >= 0.6 is 0 Å². The van der Waals surface area contributed by atoms with E-state index in [4.69, 9.17) is 9.41 Å². The van der Waals surface area contributed by atoms with Gasteiger partial charge in [-0.15, -0.1) is 0 Å².